The largest absolute Gasteiger partial charge is 0.313 e. The van der Waals surface area contributed by atoms with Crippen LogP contribution in [-0.2, 0) is 13.6 Å². The minimum Gasteiger partial charge on any atom is -0.313 e. The van der Waals surface area contributed by atoms with Crippen LogP contribution in [0.15, 0.2) is 24.4 Å². The van der Waals surface area contributed by atoms with Gasteiger partial charge in [0.2, 0.25) is 0 Å². The zero-order valence-corrected chi connectivity index (χ0v) is 10.4. The van der Waals surface area contributed by atoms with Crippen molar-refractivity contribution in [3.8, 4) is 11.3 Å². The number of nitrogens with one attached hydrogen (secondary N) is 1. The van der Waals surface area contributed by atoms with Gasteiger partial charge in [-0.05, 0) is 24.7 Å². The molecule has 0 aliphatic carbocycles. The molecule has 1 aromatic heterocycles. The Bertz CT molecular complexity index is 549. The molecule has 18 heavy (non-hydrogen) atoms. The molecule has 0 bridgehead atoms. The van der Waals surface area contributed by atoms with Gasteiger partial charge in [-0.2, -0.15) is 5.10 Å². The van der Waals surface area contributed by atoms with E-state index in [-0.39, 0.29) is 5.56 Å². The first-order chi connectivity index (χ1) is 8.61. The van der Waals surface area contributed by atoms with Gasteiger partial charge in [0.1, 0.15) is 11.6 Å². The number of hydrogen-bond donors (Lipinski definition) is 1. The number of rotatable bonds is 4. The molecular weight excluding hydrogens is 236 g/mol. The van der Waals surface area contributed by atoms with Gasteiger partial charge in [0, 0.05) is 30.9 Å². The molecule has 0 unspecified atom stereocenters. The van der Waals surface area contributed by atoms with Crippen molar-refractivity contribution in [2.45, 2.75) is 13.5 Å². The van der Waals surface area contributed by atoms with E-state index in [1.807, 2.05) is 13.1 Å². The van der Waals surface area contributed by atoms with Crippen molar-refractivity contribution in [2.75, 3.05) is 6.54 Å². The Morgan fingerprint density at radius 2 is 2.11 bits per heavy atom. The predicted octanol–water partition coefficient (Wildman–Crippen LogP) is 2.47. The minimum absolute atomic E-state index is 0.198. The summed E-state index contributed by atoms with van der Waals surface area (Å²) < 4.78 is 28.5. The monoisotopic (exact) mass is 251 g/mol. The summed E-state index contributed by atoms with van der Waals surface area (Å²) in [4.78, 5) is 0. The lowest BCUT2D eigenvalue weighted by atomic mass is 10.1. The Morgan fingerprint density at radius 1 is 1.33 bits per heavy atom. The highest BCUT2D eigenvalue weighted by Gasteiger charge is 2.14. The van der Waals surface area contributed by atoms with Crippen LogP contribution in [0.1, 0.15) is 12.5 Å². The number of halogens is 2. The van der Waals surface area contributed by atoms with Gasteiger partial charge in [0.05, 0.1) is 5.69 Å². The van der Waals surface area contributed by atoms with Crippen molar-refractivity contribution >= 4 is 0 Å². The smallest absolute Gasteiger partial charge is 0.132 e. The molecule has 2 aromatic rings. The summed E-state index contributed by atoms with van der Waals surface area (Å²) in [7, 11) is 1.76. The summed E-state index contributed by atoms with van der Waals surface area (Å²) in [6.07, 6.45) is 1.81. The van der Waals surface area contributed by atoms with E-state index in [2.05, 4.69) is 10.4 Å². The second kappa shape index (κ2) is 5.27. The van der Waals surface area contributed by atoms with Crippen molar-refractivity contribution in [3.63, 3.8) is 0 Å². The van der Waals surface area contributed by atoms with Gasteiger partial charge in [-0.3, -0.25) is 4.68 Å². The van der Waals surface area contributed by atoms with Crippen molar-refractivity contribution in [1.82, 2.24) is 15.1 Å². The molecular formula is C13H15F2N3. The topological polar surface area (TPSA) is 29.9 Å². The van der Waals surface area contributed by atoms with Crippen molar-refractivity contribution in [3.05, 3.63) is 41.6 Å². The molecule has 3 nitrogen and oxygen atoms in total. The van der Waals surface area contributed by atoms with Crippen LogP contribution in [-0.4, -0.2) is 16.3 Å². The minimum atomic E-state index is -0.466. The Kier molecular flexibility index (Phi) is 3.72. The van der Waals surface area contributed by atoms with Crippen LogP contribution in [0.3, 0.4) is 0 Å². The second-order valence-electron chi connectivity index (χ2n) is 4.08. The van der Waals surface area contributed by atoms with Gasteiger partial charge < -0.3 is 5.32 Å². The van der Waals surface area contributed by atoms with Gasteiger partial charge >= 0.3 is 0 Å². The van der Waals surface area contributed by atoms with Crippen LogP contribution in [0.2, 0.25) is 0 Å². The maximum absolute atomic E-state index is 13.7. The molecule has 0 radical (unpaired) electrons. The van der Waals surface area contributed by atoms with Crippen LogP contribution in [0.4, 0.5) is 8.78 Å². The normalized spacial score (nSPS) is 10.9. The highest BCUT2D eigenvalue weighted by atomic mass is 19.1. The van der Waals surface area contributed by atoms with Crippen molar-refractivity contribution in [2.24, 2.45) is 7.05 Å². The third kappa shape index (κ3) is 2.56. The molecule has 0 aliphatic heterocycles. The molecule has 96 valence electrons. The molecule has 0 saturated heterocycles. The summed E-state index contributed by atoms with van der Waals surface area (Å²) in [5.41, 5.74) is 1.53. The average Bonchev–Trinajstić information content (AvgIpc) is 2.71. The summed E-state index contributed by atoms with van der Waals surface area (Å²) in [5.74, 6) is -0.931. The molecule has 0 spiro atoms. The maximum atomic E-state index is 13.7. The lowest BCUT2D eigenvalue weighted by Crippen LogP contribution is -2.12. The van der Waals surface area contributed by atoms with Gasteiger partial charge in [-0.15, -0.1) is 0 Å². The molecule has 5 heteroatoms. The summed E-state index contributed by atoms with van der Waals surface area (Å²) in [6.45, 7) is 3.37. The van der Waals surface area contributed by atoms with Crippen LogP contribution in [0, 0.1) is 11.6 Å². The maximum Gasteiger partial charge on any atom is 0.132 e. The van der Waals surface area contributed by atoms with Crippen LogP contribution >= 0.6 is 0 Å². The van der Waals surface area contributed by atoms with Crippen molar-refractivity contribution < 1.29 is 8.78 Å². The third-order valence-corrected chi connectivity index (χ3v) is 2.65. The van der Waals surface area contributed by atoms with E-state index in [0.29, 0.717) is 12.2 Å². The standard InChI is InChI=1S/C13H15F2N3/c1-3-16-7-9-8-18(2)17-13(9)11-6-10(14)4-5-12(11)15/h4-6,8,16H,3,7H2,1-2H3. The first kappa shape index (κ1) is 12.7. The SMILES string of the molecule is CCNCc1cn(C)nc1-c1cc(F)ccc1F. The van der Waals surface area contributed by atoms with E-state index in [1.165, 1.54) is 6.07 Å². The van der Waals surface area contributed by atoms with Gasteiger partial charge in [0.15, 0.2) is 0 Å². The van der Waals surface area contributed by atoms with E-state index in [1.54, 1.807) is 11.7 Å². The summed E-state index contributed by atoms with van der Waals surface area (Å²) >= 11 is 0. The van der Waals surface area contributed by atoms with E-state index in [0.717, 1.165) is 24.2 Å². The van der Waals surface area contributed by atoms with Crippen LogP contribution < -0.4 is 5.32 Å². The second-order valence-corrected chi connectivity index (χ2v) is 4.08. The fraction of sp³-hybridized carbons (Fsp3) is 0.308. The molecule has 0 amide bonds. The first-order valence-electron chi connectivity index (χ1n) is 5.80. The Labute approximate surface area is 104 Å². The Balaban J connectivity index is 2.45. The molecule has 0 saturated carbocycles. The molecule has 0 aliphatic rings. The van der Waals surface area contributed by atoms with Crippen LogP contribution in [0.5, 0.6) is 0 Å². The average molecular weight is 251 g/mol. The Hall–Kier alpha value is -1.75. The van der Waals surface area contributed by atoms with Gasteiger partial charge in [-0.1, -0.05) is 6.92 Å². The molecule has 0 atom stereocenters. The zero-order valence-electron chi connectivity index (χ0n) is 10.4. The number of benzene rings is 1. The highest BCUT2D eigenvalue weighted by Crippen LogP contribution is 2.25. The molecule has 1 aromatic carbocycles. The summed E-state index contributed by atoms with van der Waals surface area (Å²) in [5, 5.41) is 7.36. The van der Waals surface area contributed by atoms with E-state index < -0.39 is 11.6 Å². The van der Waals surface area contributed by atoms with E-state index >= 15 is 0 Å². The molecule has 1 N–H and O–H groups in total. The Morgan fingerprint density at radius 3 is 2.83 bits per heavy atom. The number of hydrogen-bond acceptors (Lipinski definition) is 2. The van der Waals surface area contributed by atoms with Gasteiger partial charge in [-0.25, -0.2) is 8.78 Å². The lowest BCUT2D eigenvalue weighted by molar-refractivity contribution is 0.602. The quantitative estimate of drug-likeness (QED) is 0.904. The third-order valence-electron chi connectivity index (χ3n) is 2.65. The lowest BCUT2D eigenvalue weighted by Gasteiger charge is -2.04. The summed E-state index contributed by atoms with van der Waals surface area (Å²) in [6, 6.07) is 3.40. The fourth-order valence-electron chi connectivity index (χ4n) is 1.83. The van der Waals surface area contributed by atoms with Gasteiger partial charge in [0.25, 0.3) is 0 Å². The van der Waals surface area contributed by atoms with Crippen LogP contribution in [0.25, 0.3) is 11.3 Å². The van der Waals surface area contributed by atoms with E-state index in [9.17, 15) is 8.78 Å². The molecule has 0 fully saturated rings. The number of aryl methyl sites for hydroxylation is 1. The molecule has 2 rings (SSSR count). The number of nitrogens with zero attached hydrogens (tertiary/aromatic N) is 2. The van der Waals surface area contributed by atoms with E-state index in [4.69, 9.17) is 0 Å². The molecule has 1 heterocycles. The fourth-order valence-corrected chi connectivity index (χ4v) is 1.83. The predicted molar refractivity (Wildman–Crippen MR) is 65.9 cm³/mol. The number of aromatic nitrogens is 2. The highest BCUT2D eigenvalue weighted by molar-refractivity contribution is 5.63. The zero-order chi connectivity index (χ0) is 13.1. The van der Waals surface area contributed by atoms with Crippen molar-refractivity contribution in [1.29, 1.82) is 0 Å². The first-order valence-corrected chi connectivity index (χ1v) is 5.80.